The first-order valence-electron chi connectivity index (χ1n) is 8.64. The number of para-hydroxylation sites is 1. The Kier molecular flexibility index (Phi) is 6.95. The SMILES string of the molecule is COc1ccc(S(=O)(=O)Nc2ccccc2SCc2ccc(Cl)cc2)cc1OC. The molecule has 3 aromatic carbocycles. The molecule has 0 atom stereocenters. The highest BCUT2D eigenvalue weighted by molar-refractivity contribution is 7.98. The van der Waals surface area contributed by atoms with Crippen molar-refractivity contribution < 1.29 is 17.9 Å². The van der Waals surface area contributed by atoms with E-state index >= 15 is 0 Å². The Bertz CT molecular complexity index is 1090. The van der Waals surface area contributed by atoms with Crippen LogP contribution in [0, 0.1) is 0 Å². The zero-order valence-electron chi connectivity index (χ0n) is 15.9. The molecular formula is C21H20ClNO4S2. The molecule has 0 heterocycles. The lowest BCUT2D eigenvalue weighted by molar-refractivity contribution is 0.354. The van der Waals surface area contributed by atoms with Gasteiger partial charge in [0.2, 0.25) is 0 Å². The van der Waals surface area contributed by atoms with Gasteiger partial charge in [0.1, 0.15) is 0 Å². The smallest absolute Gasteiger partial charge is 0.262 e. The number of methoxy groups -OCH3 is 2. The quantitative estimate of drug-likeness (QED) is 0.463. The van der Waals surface area contributed by atoms with Gasteiger partial charge in [-0.25, -0.2) is 8.42 Å². The van der Waals surface area contributed by atoms with Gasteiger partial charge in [0.05, 0.1) is 24.8 Å². The topological polar surface area (TPSA) is 64.6 Å². The molecule has 0 spiro atoms. The van der Waals surface area contributed by atoms with Crippen LogP contribution in [0.25, 0.3) is 0 Å². The van der Waals surface area contributed by atoms with Crippen molar-refractivity contribution in [1.29, 1.82) is 0 Å². The first-order valence-corrected chi connectivity index (χ1v) is 11.5. The molecule has 0 aliphatic heterocycles. The molecule has 152 valence electrons. The third-order valence-electron chi connectivity index (χ3n) is 4.10. The van der Waals surface area contributed by atoms with Crippen LogP contribution in [0.3, 0.4) is 0 Å². The van der Waals surface area contributed by atoms with Crippen molar-refractivity contribution in [3.63, 3.8) is 0 Å². The molecule has 29 heavy (non-hydrogen) atoms. The van der Waals surface area contributed by atoms with Crippen molar-refractivity contribution in [3.05, 3.63) is 77.3 Å². The third kappa shape index (κ3) is 5.38. The molecule has 0 saturated carbocycles. The monoisotopic (exact) mass is 449 g/mol. The van der Waals surface area contributed by atoms with E-state index in [1.807, 2.05) is 36.4 Å². The minimum Gasteiger partial charge on any atom is -0.493 e. The molecule has 0 radical (unpaired) electrons. The molecule has 0 bridgehead atoms. The fourth-order valence-electron chi connectivity index (χ4n) is 2.61. The number of hydrogen-bond acceptors (Lipinski definition) is 5. The lowest BCUT2D eigenvalue weighted by Gasteiger charge is -2.14. The number of nitrogens with one attached hydrogen (secondary N) is 1. The number of anilines is 1. The summed E-state index contributed by atoms with van der Waals surface area (Å²) in [6, 6.07) is 19.3. The van der Waals surface area contributed by atoms with E-state index in [4.69, 9.17) is 21.1 Å². The van der Waals surface area contributed by atoms with Gasteiger partial charge in [-0.15, -0.1) is 11.8 Å². The maximum atomic E-state index is 12.9. The summed E-state index contributed by atoms with van der Waals surface area (Å²) in [6.07, 6.45) is 0. The normalized spacial score (nSPS) is 11.1. The van der Waals surface area contributed by atoms with Crippen LogP contribution in [0.5, 0.6) is 11.5 Å². The fraction of sp³-hybridized carbons (Fsp3) is 0.143. The summed E-state index contributed by atoms with van der Waals surface area (Å²) >= 11 is 7.47. The summed E-state index contributed by atoms with van der Waals surface area (Å²) in [5, 5.41) is 0.682. The van der Waals surface area contributed by atoms with Gasteiger partial charge < -0.3 is 9.47 Å². The number of thioether (sulfide) groups is 1. The van der Waals surface area contributed by atoms with Crippen LogP contribution >= 0.6 is 23.4 Å². The van der Waals surface area contributed by atoms with Crippen molar-refractivity contribution >= 4 is 39.1 Å². The molecule has 8 heteroatoms. The zero-order valence-corrected chi connectivity index (χ0v) is 18.3. The average molecular weight is 450 g/mol. The van der Waals surface area contributed by atoms with Crippen LogP contribution in [0.1, 0.15) is 5.56 Å². The zero-order chi connectivity index (χ0) is 20.9. The van der Waals surface area contributed by atoms with E-state index in [1.165, 1.54) is 26.4 Å². The lowest BCUT2D eigenvalue weighted by Crippen LogP contribution is -2.13. The van der Waals surface area contributed by atoms with E-state index in [0.29, 0.717) is 28.0 Å². The van der Waals surface area contributed by atoms with Crippen LogP contribution in [0.2, 0.25) is 5.02 Å². The highest BCUT2D eigenvalue weighted by Crippen LogP contribution is 2.33. The van der Waals surface area contributed by atoms with E-state index in [1.54, 1.807) is 30.0 Å². The van der Waals surface area contributed by atoms with Gasteiger partial charge in [-0.1, -0.05) is 35.9 Å². The van der Waals surface area contributed by atoms with Gasteiger partial charge in [-0.3, -0.25) is 4.72 Å². The summed E-state index contributed by atoms with van der Waals surface area (Å²) in [7, 11) is -0.837. The molecule has 0 unspecified atom stereocenters. The first kappa shape index (κ1) is 21.4. The Hall–Kier alpha value is -2.35. The molecule has 0 saturated heterocycles. The summed E-state index contributed by atoms with van der Waals surface area (Å²) in [4.78, 5) is 0.916. The van der Waals surface area contributed by atoms with Crippen molar-refractivity contribution in [2.24, 2.45) is 0 Å². The predicted octanol–water partition coefficient (Wildman–Crippen LogP) is 5.45. The highest BCUT2D eigenvalue weighted by atomic mass is 35.5. The molecule has 0 aliphatic carbocycles. The predicted molar refractivity (Wildman–Crippen MR) is 118 cm³/mol. The number of hydrogen-bond donors (Lipinski definition) is 1. The Labute approximate surface area is 180 Å². The molecule has 0 fully saturated rings. The minimum absolute atomic E-state index is 0.0904. The molecule has 3 aromatic rings. The van der Waals surface area contributed by atoms with E-state index in [0.717, 1.165) is 10.5 Å². The Balaban J connectivity index is 1.81. The van der Waals surface area contributed by atoms with Crippen molar-refractivity contribution in [1.82, 2.24) is 0 Å². The van der Waals surface area contributed by atoms with Crippen molar-refractivity contribution in [3.8, 4) is 11.5 Å². The second-order valence-corrected chi connectivity index (χ2v) is 9.17. The van der Waals surface area contributed by atoms with Crippen LogP contribution in [0.15, 0.2) is 76.5 Å². The van der Waals surface area contributed by atoms with Crippen LogP contribution in [-0.2, 0) is 15.8 Å². The molecule has 5 nitrogen and oxygen atoms in total. The summed E-state index contributed by atoms with van der Waals surface area (Å²) in [5.41, 5.74) is 1.61. The third-order valence-corrected chi connectivity index (χ3v) is 6.86. The summed E-state index contributed by atoms with van der Waals surface area (Å²) < 4.78 is 38.9. The van der Waals surface area contributed by atoms with Crippen LogP contribution < -0.4 is 14.2 Å². The van der Waals surface area contributed by atoms with E-state index < -0.39 is 10.0 Å². The fourth-order valence-corrected chi connectivity index (χ4v) is 4.86. The maximum absolute atomic E-state index is 12.9. The lowest BCUT2D eigenvalue weighted by atomic mass is 10.2. The van der Waals surface area contributed by atoms with E-state index in [2.05, 4.69) is 4.72 Å². The van der Waals surface area contributed by atoms with Gasteiger partial charge in [0.25, 0.3) is 10.0 Å². The summed E-state index contributed by atoms with van der Waals surface area (Å²) in [6.45, 7) is 0. The maximum Gasteiger partial charge on any atom is 0.262 e. The number of halogens is 1. The van der Waals surface area contributed by atoms with E-state index in [-0.39, 0.29) is 4.90 Å². The second-order valence-electron chi connectivity index (χ2n) is 6.03. The van der Waals surface area contributed by atoms with Gasteiger partial charge in [-0.05, 0) is 42.0 Å². The number of benzene rings is 3. The Morgan fingerprint density at radius 3 is 2.31 bits per heavy atom. The number of ether oxygens (including phenoxy) is 2. The minimum atomic E-state index is -3.80. The van der Waals surface area contributed by atoms with Crippen molar-refractivity contribution in [2.45, 2.75) is 15.5 Å². The first-order chi connectivity index (χ1) is 13.9. The molecule has 3 rings (SSSR count). The highest BCUT2D eigenvalue weighted by Gasteiger charge is 2.18. The van der Waals surface area contributed by atoms with Crippen LogP contribution in [-0.4, -0.2) is 22.6 Å². The largest absolute Gasteiger partial charge is 0.493 e. The van der Waals surface area contributed by atoms with Gasteiger partial charge >= 0.3 is 0 Å². The molecule has 1 N–H and O–H groups in total. The second kappa shape index (κ2) is 9.43. The number of rotatable bonds is 8. The Morgan fingerprint density at radius 2 is 1.62 bits per heavy atom. The average Bonchev–Trinajstić information content (AvgIpc) is 2.73. The summed E-state index contributed by atoms with van der Waals surface area (Å²) in [5.74, 6) is 1.50. The van der Waals surface area contributed by atoms with Gasteiger partial charge in [0.15, 0.2) is 11.5 Å². The van der Waals surface area contributed by atoms with Gasteiger partial charge in [0, 0.05) is 21.7 Å². The van der Waals surface area contributed by atoms with Crippen molar-refractivity contribution in [2.75, 3.05) is 18.9 Å². The number of sulfonamides is 1. The molecule has 0 aliphatic rings. The molecular weight excluding hydrogens is 430 g/mol. The Morgan fingerprint density at radius 1 is 0.931 bits per heavy atom. The van der Waals surface area contributed by atoms with Gasteiger partial charge in [-0.2, -0.15) is 0 Å². The molecule has 0 amide bonds. The van der Waals surface area contributed by atoms with Crippen LogP contribution in [0.4, 0.5) is 5.69 Å². The molecule has 0 aromatic heterocycles. The van der Waals surface area contributed by atoms with E-state index in [9.17, 15) is 8.42 Å². The standard InChI is InChI=1S/C21H20ClNO4S2/c1-26-19-12-11-17(13-20(19)27-2)29(24,25)23-18-5-3-4-6-21(18)28-14-15-7-9-16(22)10-8-15/h3-13,23H,14H2,1-2H3.